The van der Waals surface area contributed by atoms with Gasteiger partial charge in [-0.05, 0) is 55.3 Å². The van der Waals surface area contributed by atoms with Crippen LogP contribution in [0.4, 0.5) is 0 Å². The number of carbonyl (C=O) groups is 1. The summed E-state index contributed by atoms with van der Waals surface area (Å²) in [6, 6.07) is 15.5. The lowest BCUT2D eigenvalue weighted by Crippen LogP contribution is -2.27. The largest absolute Gasteiger partial charge is 0.487 e. The van der Waals surface area contributed by atoms with Gasteiger partial charge in [-0.2, -0.15) is 5.10 Å². The molecule has 2 aromatic carbocycles. The summed E-state index contributed by atoms with van der Waals surface area (Å²) in [5.74, 6) is 0.663. The van der Waals surface area contributed by atoms with Gasteiger partial charge in [0, 0.05) is 18.5 Å². The zero-order valence-electron chi connectivity index (χ0n) is 18.8. The Bertz CT molecular complexity index is 1230. The molecule has 4 aromatic rings. The number of amides is 1. The Morgan fingerprint density at radius 2 is 2.06 bits per heavy atom. The molecule has 33 heavy (non-hydrogen) atoms. The van der Waals surface area contributed by atoms with Gasteiger partial charge in [-0.1, -0.05) is 24.3 Å². The van der Waals surface area contributed by atoms with Crippen LogP contribution in [-0.2, 0) is 11.4 Å². The minimum absolute atomic E-state index is 0.0767. The van der Waals surface area contributed by atoms with Crippen molar-refractivity contribution in [2.24, 2.45) is 0 Å². The van der Waals surface area contributed by atoms with Crippen LogP contribution in [0, 0.1) is 6.92 Å². The number of carbonyl (C=O) groups excluding carboxylic acids is 1. The molecule has 0 fully saturated rings. The van der Waals surface area contributed by atoms with Gasteiger partial charge in [0.1, 0.15) is 25.0 Å². The molecule has 8 heteroatoms. The maximum absolute atomic E-state index is 12.8. The molecule has 0 radical (unpaired) electrons. The number of benzene rings is 2. The van der Waals surface area contributed by atoms with Crippen molar-refractivity contribution in [1.29, 1.82) is 0 Å². The Morgan fingerprint density at radius 1 is 1.24 bits per heavy atom. The molecular weight excluding hydrogens is 434 g/mol. The van der Waals surface area contributed by atoms with E-state index in [9.17, 15) is 4.79 Å². The lowest BCUT2D eigenvalue weighted by molar-refractivity contribution is -0.126. The van der Waals surface area contributed by atoms with Crippen molar-refractivity contribution in [3.63, 3.8) is 0 Å². The maximum Gasteiger partial charge on any atom is 0.246 e. The van der Waals surface area contributed by atoms with E-state index in [0.717, 1.165) is 33.3 Å². The third kappa shape index (κ3) is 5.72. The first-order valence-electron chi connectivity index (χ1n) is 10.5. The molecule has 0 aliphatic rings. The molecule has 0 saturated carbocycles. The van der Waals surface area contributed by atoms with Crippen molar-refractivity contribution in [2.75, 3.05) is 7.05 Å². The van der Waals surface area contributed by atoms with Crippen molar-refractivity contribution in [3.8, 4) is 11.4 Å². The fraction of sp³-hybridized carbons (Fsp3) is 0.200. The number of thiazole rings is 1. The van der Waals surface area contributed by atoms with Gasteiger partial charge >= 0.3 is 0 Å². The molecule has 2 aromatic heterocycles. The summed E-state index contributed by atoms with van der Waals surface area (Å²) in [6.07, 6.45) is 6.54. The molecule has 0 aliphatic carbocycles. The topological polar surface area (TPSA) is 73.1 Å². The van der Waals surface area contributed by atoms with Gasteiger partial charge in [-0.15, -0.1) is 11.3 Å². The van der Waals surface area contributed by atoms with Crippen LogP contribution in [0.2, 0.25) is 0 Å². The van der Waals surface area contributed by atoms with Crippen LogP contribution in [0.5, 0.6) is 5.75 Å². The fourth-order valence-electron chi connectivity index (χ4n) is 3.29. The van der Waals surface area contributed by atoms with Crippen molar-refractivity contribution in [2.45, 2.75) is 26.5 Å². The van der Waals surface area contributed by atoms with Gasteiger partial charge in [-0.3, -0.25) is 4.79 Å². The second-order valence-corrected chi connectivity index (χ2v) is 8.67. The van der Waals surface area contributed by atoms with E-state index in [1.807, 2.05) is 67.8 Å². The molecule has 0 bridgehead atoms. The Balaban J connectivity index is 1.36. The minimum atomic E-state index is -0.0804. The normalized spacial score (nSPS) is 12.1. The van der Waals surface area contributed by atoms with E-state index in [4.69, 9.17) is 4.74 Å². The quantitative estimate of drug-likeness (QED) is 0.353. The van der Waals surface area contributed by atoms with E-state index in [0.29, 0.717) is 6.61 Å². The Kier molecular flexibility index (Phi) is 6.95. The molecule has 0 spiro atoms. The number of hydrogen-bond donors (Lipinski definition) is 0. The molecule has 0 aliphatic heterocycles. The van der Waals surface area contributed by atoms with E-state index < -0.39 is 0 Å². The maximum atomic E-state index is 12.8. The van der Waals surface area contributed by atoms with Crippen LogP contribution in [0.25, 0.3) is 11.8 Å². The van der Waals surface area contributed by atoms with E-state index in [1.165, 1.54) is 6.33 Å². The summed E-state index contributed by atoms with van der Waals surface area (Å²) >= 11 is 1.61. The Hall–Kier alpha value is -3.78. The number of likely N-dealkylation sites (N-methyl/N-ethyl adjacent to an activating group) is 1. The number of rotatable bonds is 8. The van der Waals surface area contributed by atoms with Crippen LogP contribution >= 0.6 is 11.3 Å². The van der Waals surface area contributed by atoms with E-state index in [2.05, 4.69) is 15.1 Å². The molecule has 168 valence electrons. The van der Waals surface area contributed by atoms with Crippen molar-refractivity contribution < 1.29 is 9.53 Å². The predicted molar refractivity (Wildman–Crippen MR) is 129 cm³/mol. The zero-order chi connectivity index (χ0) is 23.2. The van der Waals surface area contributed by atoms with Crippen LogP contribution in [0.3, 0.4) is 0 Å². The number of aromatic nitrogens is 4. The first kappa shape index (κ1) is 22.4. The van der Waals surface area contributed by atoms with Gasteiger partial charge in [0.15, 0.2) is 0 Å². The SMILES string of the molecule is Cc1nc(COc2cccc(/C=C\C(=O)N(C)[C@H](C)c3ccc(-n4cncn4)cc3)c2)cs1. The standard InChI is InChI=1S/C25H25N5O2S/c1-18(21-8-10-23(11-9-21)30-17-26-16-27-30)29(3)25(31)12-7-20-5-4-6-24(13-20)32-14-22-15-33-19(2)28-22/h4-13,15-18H,14H2,1-3H3/b12-7-/t18-/m1/s1. The van der Waals surface area contributed by atoms with Crippen molar-refractivity contribution in [3.05, 3.63) is 94.5 Å². The Morgan fingerprint density at radius 3 is 2.76 bits per heavy atom. The first-order chi connectivity index (χ1) is 16.0. The average molecular weight is 460 g/mol. The van der Waals surface area contributed by atoms with Gasteiger partial charge in [0.25, 0.3) is 0 Å². The van der Waals surface area contributed by atoms with E-state index in [1.54, 1.807) is 46.4 Å². The smallest absolute Gasteiger partial charge is 0.246 e. The summed E-state index contributed by atoms with van der Waals surface area (Å²) in [5, 5.41) is 7.15. The summed E-state index contributed by atoms with van der Waals surface area (Å²) < 4.78 is 7.53. The summed E-state index contributed by atoms with van der Waals surface area (Å²) in [5.41, 5.74) is 3.77. The summed E-state index contributed by atoms with van der Waals surface area (Å²) in [7, 11) is 1.80. The molecule has 7 nitrogen and oxygen atoms in total. The zero-order valence-corrected chi connectivity index (χ0v) is 19.6. The highest BCUT2D eigenvalue weighted by Gasteiger charge is 2.15. The summed E-state index contributed by atoms with van der Waals surface area (Å²) in [4.78, 5) is 22.8. The van der Waals surface area contributed by atoms with Crippen LogP contribution in [0.15, 0.2) is 72.6 Å². The Labute approximate surface area is 197 Å². The van der Waals surface area contributed by atoms with Crippen molar-refractivity contribution in [1.82, 2.24) is 24.6 Å². The second kappa shape index (κ2) is 10.2. The van der Waals surface area contributed by atoms with E-state index >= 15 is 0 Å². The van der Waals surface area contributed by atoms with Crippen LogP contribution < -0.4 is 4.74 Å². The number of hydrogen-bond acceptors (Lipinski definition) is 6. The minimum Gasteiger partial charge on any atom is -0.487 e. The van der Waals surface area contributed by atoms with Gasteiger partial charge in [-0.25, -0.2) is 14.6 Å². The number of ether oxygens (including phenoxy) is 1. The molecule has 4 rings (SSSR count). The van der Waals surface area contributed by atoms with Crippen LogP contribution in [0.1, 0.15) is 34.8 Å². The molecule has 0 unspecified atom stereocenters. The molecule has 2 heterocycles. The van der Waals surface area contributed by atoms with E-state index in [-0.39, 0.29) is 11.9 Å². The number of aryl methyl sites for hydroxylation is 1. The first-order valence-corrected chi connectivity index (χ1v) is 11.4. The lowest BCUT2D eigenvalue weighted by atomic mass is 10.1. The van der Waals surface area contributed by atoms with Gasteiger partial charge in [0.2, 0.25) is 5.91 Å². The molecule has 1 amide bonds. The highest BCUT2D eigenvalue weighted by Crippen LogP contribution is 2.21. The highest BCUT2D eigenvalue weighted by molar-refractivity contribution is 7.09. The predicted octanol–water partition coefficient (Wildman–Crippen LogP) is 4.84. The third-order valence-corrected chi connectivity index (χ3v) is 6.14. The highest BCUT2D eigenvalue weighted by atomic mass is 32.1. The molecule has 0 N–H and O–H groups in total. The number of nitrogens with zero attached hydrogens (tertiary/aromatic N) is 5. The second-order valence-electron chi connectivity index (χ2n) is 7.61. The molecule has 0 saturated heterocycles. The fourth-order valence-corrected chi connectivity index (χ4v) is 3.88. The van der Waals surface area contributed by atoms with Crippen molar-refractivity contribution >= 4 is 23.3 Å². The van der Waals surface area contributed by atoms with Gasteiger partial charge in [0.05, 0.1) is 22.4 Å². The van der Waals surface area contributed by atoms with Gasteiger partial charge < -0.3 is 9.64 Å². The molecular formula is C25H25N5O2S. The van der Waals surface area contributed by atoms with Crippen LogP contribution in [-0.4, -0.2) is 37.6 Å². The lowest BCUT2D eigenvalue weighted by Gasteiger charge is -2.24. The monoisotopic (exact) mass is 459 g/mol. The summed E-state index contributed by atoms with van der Waals surface area (Å²) in [6.45, 7) is 4.40. The average Bonchev–Trinajstić information content (AvgIpc) is 3.53. The molecule has 1 atom stereocenters. The third-order valence-electron chi connectivity index (χ3n) is 5.32.